The molecule has 0 unspecified atom stereocenters. The van der Waals surface area contributed by atoms with Crippen molar-refractivity contribution in [2.45, 2.75) is 150 Å². The van der Waals surface area contributed by atoms with Gasteiger partial charge < -0.3 is 107 Å². The van der Waals surface area contributed by atoms with E-state index in [0.29, 0.717) is 14.7 Å². The molecule has 25 N–H and O–H groups in total. The number of nitrogens with zero attached hydrogens (tertiary/aromatic N) is 1. The number of aliphatic carboxylic acids is 1. The Hall–Kier alpha value is -9.22. The Labute approximate surface area is 547 Å². The zero-order valence-corrected chi connectivity index (χ0v) is 53.1. The van der Waals surface area contributed by atoms with Crippen LogP contribution in [0.5, 0.6) is 11.5 Å². The standard InChI is InChI=1S/C56H80IN17O17S/c1-3-7-32(46(82)70-36(45(60)81)23-28-11-14-30(76)15-12-28)66-49(85)35(16-18-42(58)78)68-50(86)37(24-29-13-17-41(77)31(57)22-29)71-47(83)33(9-5-20-65-56(63)91)67-51(87)39(26-92)73-48(84)34(8-4-19-64-55(61)62)69-52(88)40-10-6-21-74(40)54(90)38(25-43(79)80)72-53(89)44(59)27(2)75/h1,11-15,17,22,27,32-40,44,75-77,92H,4-10,16,18-21,23-26,59H2,2H3,(H2,58,78)(H2,60,81)(H,66,85)(H,67,87)(H,68,86)(H,69,88)(H,70,82)(H,71,83)(H,72,89)(H,73,84)(H,79,80)(H4,61,62,64)(H3,63,65,91)/t27-,32+,33+,34+,35+,36+,37+,38+,39+,40+,44+/m1/s1. The van der Waals surface area contributed by atoms with Crippen LogP contribution in [-0.2, 0) is 70.4 Å². The molecule has 1 aliphatic rings. The molecule has 36 heteroatoms. The minimum Gasteiger partial charge on any atom is -0.508 e. The summed E-state index contributed by atoms with van der Waals surface area (Å²) < 4.78 is 0.310. The Morgan fingerprint density at radius 1 is 0.674 bits per heavy atom. The zero-order valence-electron chi connectivity index (χ0n) is 50.0. The van der Waals surface area contributed by atoms with Crippen LogP contribution in [0.15, 0.2) is 42.5 Å². The number of halogens is 1. The molecule has 2 aromatic carbocycles. The molecule has 504 valence electrons. The number of aliphatic hydroxyl groups is 1. The number of phenols is 2. The van der Waals surface area contributed by atoms with Gasteiger partial charge in [0.05, 0.1) is 16.1 Å². The lowest BCUT2D eigenvalue weighted by Crippen LogP contribution is -2.61. The third-order valence-electron chi connectivity index (χ3n) is 14.1. The second-order valence-corrected chi connectivity index (χ2v) is 22.8. The van der Waals surface area contributed by atoms with E-state index in [9.17, 15) is 82.8 Å². The second-order valence-electron chi connectivity index (χ2n) is 21.3. The summed E-state index contributed by atoms with van der Waals surface area (Å²) in [6, 6.07) is -6.75. The van der Waals surface area contributed by atoms with Gasteiger partial charge in [-0.25, -0.2) is 4.79 Å². The van der Waals surface area contributed by atoms with Crippen LogP contribution in [-0.4, -0.2) is 200 Å². The molecule has 34 nitrogen and oxygen atoms in total. The fourth-order valence-electron chi connectivity index (χ4n) is 9.14. The summed E-state index contributed by atoms with van der Waals surface area (Å²) >= 11 is 6.08. The van der Waals surface area contributed by atoms with E-state index in [1.165, 1.54) is 49.4 Å². The first kappa shape index (κ1) is 77.0. The average Bonchev–Trinajstić information content (AvgIpc) is 1.60. The number of hydrogen-bond donors (Lipinski definition) is 21. The average molecular weight is 1420 g/mol. The van der Waals surface area contributed by atoms with Crippen LogP contribution in [0.2, 0.25) is 0 Å². The molecule has 1 aliphatic heterocycles. The smallest absolute Gasteiger partial charge is 0.312 e. The predicted octanol–water partition coefficient (Wildman–Crippen LogP) is -6.04. The number of phenolic OH excluding ortho intramolecular Hbond substituents is 2. The maximum atomic E-state index is 14.6. The minimum atomic E-state index is -1.73. The number of carboxylic acids is 1. The highest BCUT2D eigenvalue weighted by molar-refractivity contribution is 14.1. The second kappa shape index (κ2) is 38.5. The van der Waals surface area contributed by atoms with Crippen LogP contribution in [0.4, 0.5) is 4.79 Å². The Morgan fingerprint density at radius 2 is 1.16 bits per heavy atom. The lowest BCUT2D eigenvalue weighted by Gasteiger charge is -2.30. The van der Waals surface area contributed by atoms with Crippen molar-refractivity contribution in [2.75, 3.05) is 25.4 Å². The molecule has 0 saturated carbocycles. The Kier molecular flexibility index (Phi) is 32.2. The SMILES string of the molecule is C#CC[C@H](NC(=O)[C@H](CCC(N)=O)NC(=O)[C@H](Cc1ccc(O)c(I)c1)NC(=O)[C@H](CCCNC(N)=O)NC(=O)[C@H](CS)NC(=O)[C@H](CCCNC(=N)N)NC(=O)[C@@H]1CCCN1C(=O)[C@H](CC(=O)O)NC(=O)[C@@H](N)[C@@H](C)O)C(=O)N[C@@H](Cc1ccc(O)cc1)C(N)=O. The first-order chi connectivity index (χ1) is 43.3. The maximum absolute atomic E-state index is 14.6. The van der Waals surface area contributed by atoms with Crippen molar-refractivity contribution in [3.05, 3.63) is 57.2 Å². The lowest BCUT2D eigenvalue weighted by atomic mass is 10.0. The highest BCUT2D eigenvalue weighted by Gasteiger charge is 2.41. The molecule has 0 radical (unpaired) electrons. The number of guanidine groups is 1. The number of hydrogen-bond acceptors (Lipinski definition) is 19. The summed E-state index contributed by atoms with van der Waals surface area (Å²) in [5.41, 5.74) is 28.3. The molecule has 1 saturated heterocycles. The summed E-state index contributed by atoms with van der Waals surface area (Å²) in [6.07, 6.45) is 0.994. The number of nitrogens with two attached hydrogens (primary N) is 5. The largest absolute Gasteiger partial charge is 0.508 e. The van der Waals surface area contributed by atoms with Gasteiger partial charge in [-0.2, -0.15) is 12.6 Å². The Balaban J connectivity index is 1.97. The fourth-order valence-corrected chi connectivity index (χ4v) is 9.98. The van der Waals surface area contributed by atoms with Crippen molar-refractivity contribution < 1.29 is 82.8 Å². The molecule has 13 amide bonds. The summed E-state index contributed by atoms with van der Waals surface area (Å²) in [5.74, 6) is -11.5. The first-order valence-electron chi connectivity index (χ1n) is 28.7. The van der Waals surface area contributed by atoms with Gasteiger partial charge in [-0.3, -0.25) is 62.9 Å². The van der Waals surface area contributed by atoms with E-state index in [0.717, 1.165) is 4.90 Å². The molecule has 0 aromatic heterocycles. The van der Waals surface area contributed by atoms with Gasteiger partial charge in [0.2, 0.25) is 65.0 Å². The van der Waals surface area contributed by atoms with Gasteiger partial charge in [-0.1, -0.05) is 18.2 Å². The van der Waals surface area contributed by atoms with Gasteiger partial charge in [0.15, 0.2) is 5.96 Å². The fraction of sp³-hybridized carbons (Fsp3) is 0.500. The van der Waals surface area contributed by atoms with E-state index in [-0.39, 0.29) is 82.5 Å². The van der Waals surface area contributed by atoms with Crippen LogP contribution in [0.1, 0.15) is 82.3 Å². The molecule has 1 heterocycles. The minimum absolute atomic E-state index is 0.00854. The van der Waals surface area contributed by atoms with Crippen molar-refractivity contribution in [2.24, 2.45) is 28.7 Å². The van der Waals surface area contributed by atoms with Gasteiger partial charge in [0.1, 0.15) is 71.9 Å². The van der Waals surface area contributed by atoms with Crippen molar-refractivity contribution in [3.63, 3.8) is 0 Å². The highest BCUT2D eigenvalue weighted by Crippen LogP contribution is 2.23. The van der Waals surface area contributed by atoms with Gasteiger partial charge in [-0.15, -0.1) is 12.3 Å². The number of benzene rings is 2. The van der Waals surface area contributed by atoms with Crippen molar-refractivity contribution in [3.8, 4) is 23.8 Å². The number of terminal acetylenes is 1. The van der Waals surface area contributed by atoms with Crippen molar-refractivity contribution in [1.82, 2.24) is 58.1 Å². The number of aromatic hydroxyl groups is 2. The van der Waals surface area contributed by atoms with Crippen LogP contribution < -0.4 is 81.8 Å². The first-order valence-corrected chi connectivity index (χ1v) is 30.4. The molecular formula is C56H80IN17O17S. The molecule has 0 bridgehead atoms. The molecule has 0 aliphatic carbocycles. The van der Waals surface area contributed by atoms with Gasteiger partial charge >= 0.3 is 12.0 Å². The highest BCUT2D eigenvalue weighted by atomic mass is 127. The predicted molar refractivity (Wildman–Crippen MR) is 339 cm³/mol. The number of carbonyl (C=O) groups excluding carboxylic acids is 12. The number of carbonyl (C=O) groups is 13. The lowest BCUT2D eigenvalue weighted by molar-refractivity contribution is -0.146. The Morgan fingerprint density at radius 3 is 1.70 bits per heavy atom. The van der Waals surface area contributed by atoms with Crippen LogP contribution in [0.3, 0.4) is 0 Å². The Bertz CT molecular complexity index is 3050. The molecule has 3 rings (SSSR count). The molecule has 0 spiro atoms. The van der Waals surface area contributed by atoms with E-state index >= 15 is 0 Å². The van der Waals surface area contributed by atoms with E-state index in [1.54, 1.807) is 0 Å². The number of carboxylic acid groups (broad SMARTS) is 1. The summed E-state index contributed by atoms with van der Waals surface area (Å²) in [6.45, 7) is 0.976. The number of nitrogens with one attached hydrogen (secondary N) is 11. The summed E-state index contributed by atoms with van der Waals surface area (Å²) in [4.78, 5) is 175. The molecule has 2 aromatic rings. The molecule has 11 atom stereocenters. The van der Waals surface area contributed by atoms with E-state index < -0.39 is 181 Å². The third kappa shape index (κ3) is 26.3. The number of rotatable bonds is 38. The summed E-state index contributed by atoms with van der Waals surface area (Å²) in [5, 5.41) is 71.5. The number of likely N-dealkylation sites (tertiary alicyclic amines) is 1. The van der Waals surface area contributed by atoms with Crippen LogP contribution in [0.25, 0.3) is 0 Å². The number of urea groups is 1. The van der Waals surface area contributed by atoms with E-state index in [2.05, 4.69) is 71.7 Å². The quantitative estimate of drug-likeness (QED) is 0.00743. The number of amides is 13. The summed E-state index contributed by atoms with van der Waals surface area (Å²) in [7, 11) is 0. The van der Waals surface area contributed by atoms with Crippen molar-refractivity contribution in [1.29, 1.82) is 5.41 Å². The van der Waals surface area contributed by atoms with E-state index in [4.69, 9.17) is 40.5 Å². The molecular weight excluding hydrogens is 1340 g/mol. The third-order valence-corrected chi connectivity index (χ3v) is 15.3. The van der Waals surface area contributed by atoms with Gasteiger partial charge in [-0.05, 0) is 110 Å². The molecule has 92 heavy (non-hydrogen) atoms. The maximum Gasteiger partial charge on any atom is 0.312 e. The monoisotopic (exact) mass is 1420 g/mol. The number of primary amides is 3. The van der Waals surface area contributed by atoms with Crippen molar-refractivity contribution >= 4 is 118 Å². The number of aliphatic hydroxyl groups excluding tert-OH is 1. The van der Waals surface area contributed by atoms with Crippen LogP contribution in [0, 0.1) is 21.3 Å². The normalized spacial score (nSPS) is 15.8. The molecule has 1 fully saturated rings. The van der Waals surface area contributed by atoms with E-state index in [1.807, 2.05) is 22.6 Å². The van der Waals surface area contributed by atoms with Gasteiger partial charge in [0, 0.05) is 51.1 Å². The zero-order chi connectivity index (χ0) is 68.9. The topological polar surface area (TPSA) is 580 Å². The van der Waals surface area contributed by atoms with Crippen LogP contribution >= 0.6 is 35.2 Å². The van der Waals surface area contributed by atoms with Gasteiger partial charge in [0.25, 0.3) is 0 Å². The number of thiol groups is 1.